The van der Waals surface area contributed by atoms with E-state index in [4.69, 9.17) is 9.52 Å². The van der Waals surface area contributed by atoms with E-state index in [1.165, 1.54) is 0 Å². The van der Waals surface area contributed by atoms with Gasteiger partial charge in [0.2, 0.25) is 5.89 Å². The molecule has 21 heavy (non-hydrogen) atoms. The van der Waals surface area contributed by atoms with Crippen LogP contribution in [0.3, 0.4) is 0 Å². The van der Waals surface area contributed by atoms with Crippen LogP contribution in [-0.4, -0.2) is 25.1 Å². The lowest BCUT2D eigenvalue weighted by atomic mass is 10.3. The Kier molecular flexibility index (Phi) is 3.65. The first kappa shape index (κ1) is 13.3. The van der Waals surface area contributed by atoms with E-state index in [1.807, 2.05) is 31.2 Å². The highest BCUT2D eigenvalue weighted by Crippen LogP contribution is 2.14. The molecule has 108 valence electrons. The summed E-state index contributed by atoms with van der Waals surface area (Å²) < 4.78 is 7.01. The molecule has 7 heteroatoms. The van der Waals surface area contributed by atoms with Crippen molar-refractivity contribution in [2.75, 3.05) is 5.32 Å². The van der Waals surface area contributed by atoms with Gasteiger partial charge < -0.3 is 14.8 Å². The quantitative estimate of drug-likeness (QED) is 0.741. The third-order valence-corrected chi connectivity index (χ3v) is 2.95. The van der Waals surface area contributed by atoms with Crippen LogP contribution in [0.1, 0.15) is 17.3 Å². The molecule has 0 unspecified atom stereocenters. The summed E-state index contributed by atoms with van der Waals surface area (Å²) in [5.74, 6) is 1.45. The molecular weight excluding hydrogens is 270 g/mol. The molecule has 1 aromatic carbocycles. The molecule has 0 amide bonds. The highest BCUT2D eigenvalue weighted by atomic mass is 16.4. The first-order valence-corrected chi connectivity index (χ1v) is 6.52. The van der Waals surface area contributed by atoms with Crippen LogP contribution >= 0.6 is 0 Å². The third kappa shape index (κ3) is 3.09. The maximum absolute atomic E-state index is 8.98. The average Bonchev–Trinajstić information content (AvgIpc) is 3.14. The molecule has 3 aromatic rings. The minimum absolute atomic E-state index is 0.116. The maximum atomic E-state index is 8.98. The topological polar surface area (TPSA) is 89.0 Å². The van der Waals surface area contributed by atoms with Crippen molar-refractivity contribution in [3.8, 4) is 5.69 Å². The van der Waals surface area contributed by atoms with Crippen molar-refractivity contribution in [2.24, 2.45) is 0 Å². The summed E-state index contributed by atoms with van der Waals surface area (Å²) in [4.78, 5) is 4.13. The number of hydrogen-bond acceptors (Lipinski definition) is 6. The van der Waals surface area contributed by atoms with Crippen molar-refractivity contribution in [3.63, 3.8) is 0 Å². The van der Waals surface area contributed by atoms with Crippen molar-refractivity contribution in [1.29, 1.82) is 0 Å². The Bertz CT molecular complexity index is 717. The molecule has 0 radical (unpaired) electrons. The first-order chi connectivity index (χ1) is 10.2. The van der Waals surface area contributed by atoms with E-state index < -0.39 is 0 Å². The van der Waals surface area contributed by atoms with Crippen LogP contribution in [-0.2, 0) is 13.2 Å². The molecule has 0 aliphatic heterocycles. The second-order valence-corrected chi connectivity index (χ2v) is 4.58. The lowest BCUT2D eigenvalue weighted by Gasteiger charge is -2.05. The van der Waals surface area contributed by atoms with E-state index in [2.05, 4.69) is 20.6 Å². The molecule has 0 saturated heterocycles. The number of benzene rings is 1. The summed E-state index contributed by atoms with van der Waals surface area (Å²) in [6, 6.07) is 7.70. The minimum atomic E-state index is -0.116. The van der Waals surface area contributed by atoms with E-state index in [0.717, 1.165) is 17.1 Å². The maximum Gasteiger partial charge on any atom is 0.213 e. The number of aliphatic hydroxyl groups excluding tert-OH is 1. The van der Waals surface area contributed by atoms with Crippen LogP contribution in [0.5, 0.6) is 0 Å². The van der Waals surface area contributed by atoms with Gasteiger partial charge in [0.1, 0.15) is 11.5 Å². The fourth-order valence-corrected chi connectivity index (χ4v) is 1.89. The van der Waals surface area contributed by atoms with Gasteiger partial charge in [0.05, 0.1) is 31.2 Å². The largest absolute Gasteiger partial charge is 0.444 e. The summed E-state index contributed by atoms with van der Waals surface area (Å²) in [5.41, 5.74) is 2.37. The zero-order chi connectivity index (χ0) is 14.7. The Hall–Kier alpha value is -2.67. The van der Waals surface area contributed by atoms with E-state index >= 15 is 0 Å². The van der Waals surface area contributed by atoms with E-state index in [9.17, 15) is 0 Å². The Labute approximate surface area is 121 Å². The molecule has 0 bridgehead atoms. The molecule has 2 aromatic heterocycles. The van der Waals surface area contributed by atoms with Gasteiger partial charge in [-0.1, -0.05) is 5.21 Å². The summed E-state index contributed by atoms with van der Waals surface area (Å²) in [7, 11) is 0. The van der Waals surface area contributed by atoms with Crippen molar-refractivity contribution in [2.45, 2.75) is 20.1 Å². The number of aryl methyl sites for hydroxylation is 1. The molecule has 0 spiro atoms. The van der Waals surface area contributed by atoms with Gasteiger partial charge in [-0.05, 0) is 31.2 Å². The molecule has 0 atom stereocenters. The first-order valence-electron chi connectivity index (χ1n) is 6.52. The zero-order valence-corrected chi connectivity index (χ0v) is 11.5. The summed E-state index contributed by atoms with van der Waals surface area (Å²) in [6.07, 6.45) is 3.39. The predicted molar refractivity (Wildman–Crippen MR) is 75.8 cm³/mol. The molecule has 2 N–H and O–H groups in total. The average molecular weight is 285 g/mol. The molecular formula is C14H15N5O2. The number of aromatic nitrogens is 4. The zero-order valence-electron chi connectivity index (χ0n) is 11.5. The molecule has 0 saturated carbocycles. The predicted octanol–water partition coefficient (Wildman–Crippen LogP) is 1.67. The van der Waals surface area contributed by atoms with Crippen molar-refractivity contribution in [3.05, 3.63) is 54.0 Å². The second kappa shape index (κ2) is 5.76. The number of rotatable bonds is 5. The van der Waals surface area contributed by atoms with Crippen LogP contribution in [0.25, 0.3) is 5.69 Å². The van der Waals surface area contributed by atoms with Gasteiger partial charge in [-0.15, -0.1) is 5.10 Å². The highest BCUT2D eigenvalue weighted by molar-refractivity contribution is 5.48. The van der Waals surface area contributed by atoms with Gasteiger partial charge in [-0.3, -0.25) is 0 Å². The molecule has 0 aliphatic rings. The van der Waals surface area contributed by atoms with Gasteiger partial charge in [0.25, 0.3) is 0 Å². The van der Waals surface area contributed by atoms with E-state index in [0.29, 0.717) is 18.1 Å². The van der Waals surface area contributed by atoms with Crippen LogP contribution in [0.2, 0.25) is 0 Å². The second-order valence-electron chi connectivity index (χ2n) is 4.58. The van der Waals surface area contributed by atoms with Gasteiger partial charge >= 0.3 is 0 Å². The van der Waals surface area contributed by atoms with Crippen LogP contribution < -0.4 is 5.32 Å². The van der Waals surface area contributed by atoms with Crippen molar-refractivity contribution in [1.82, 2.24) is 20.0 Å². The number of nitrogens with zero attached hydrogens (tertiary/aromatic N) is 4. The lowest BCUT2D eigenvalue weighted by molar-refractivity contribution is 0.276. The smallest absolute Gasteiger partial charge is 0.213 e. The SMILES string of the molecule is Cc1cnc(CNc2ccc(-n3cc(CO)nn3)cc2)o1. The summed E-state index contributed by atoms with van der Waals surface area (Å²) in [5, 5.41) is 20.0. The van der Waals surface area contributed by atoms with Crippen LogP contribution in [0.15, 0.2) is 41.1 Å². The Morgan fingerprint density at radius 2 is 2.10 bits per heavy atom. The Balaban J connectivity index is 1.66. The number of hydrogen-bond donors (Lipinski definition) is 2. The van der Waals surface area contributed by atoms with E-state index in [1.54, 1.807) is 17.1 Å². The lowest BCUT2D eigenvalue weighted by Crippen LogP contribution is -2.00. The fourth-order valence-electron chi connectivity index (χ4n) is 1.89. The van der Waals surface area contributed by atoms with Crippen molar-refractivity contribution < 1.29 is 9.52 Å². The van der Waals surface area contributed by atoms with Crippen molar-refractivity contribution >= 4 is 5.69 Å². The van der Waals surface area contributed by atoms with Crippen LogP contribution in [0, 0.1) is 6.92 Å². The Morgan fingerprint density at radius 1 is 1.29 bits per heavy atom. The number of anilines is 1. The van der Waals surface area contributed by atoms with Gasteiger partial charge in [0, 0.05) is 5.69 Å². The van der Waals surface area contributed by atoms with Gasteiger partial charge in [0.15, 0.2) is 0 Å². The number of oxazole rings is 1. The summed E-state index contributed by atoms with van der Waals surface area (Å²) in [6.45, 7) is 2.28. The van der Waals surface area contributed by atoms with Gasteiger partial charge in [-0.2, -0.15) is 0 Å². The minimum Gasteiger partial charge on any atom is -0.444 e. The normalized spacial score (nSPS) is 10.8. The Morgan fingerprint density at radius 3 is 2.71 bits per heavy atom. The molecule has 2 heterocycles. The molecule has 0 fully saturated rings. The number of aliphatic hydroxyl groups is 1. The highest BCUT2D eigenvalue weighted by Gasteiger charge is 2.03. The molecule has 3 rings (SSSR count). The van der Waals surface area contributed by atoms with Crippen LogP contribution in [0.4, 0.5) is 5.69 Å². The number of nitrogens with one attached hydrogen (secondary N) is 1. The third-order valence-electron chi connectivity index (χ3n) is 2.95. The molecule has 0 aliphatic carbocycles. The van der Waals surface area contributed by atoms with E-state index in [-0.39, 0.29) is 6.61 Å². The summed E-state index contributed by atoms with van der Waals surface area (Å²) >= 11 is 0. The molecule has 7 nitrogen and oxygen atoms in total. The van der Waals surface area contributed by atoms with Gasteiger partial charge in [-0.25, -0.2) is 9.67 Å². The monoisotopic (exact) mass is 285 g/mol. The fraction of sp³-hybridized carbons (Fsp3) is 0.214. The standard InChI is InChI=1S/C14H15N5O2/c1-10-6-16-14(21-10)7-15-11-2-4-13(5-3-11)19-8-12(9-20)17-18-19/h2-6,8,15,20H,7,9H2,1H3.